The van der Waals surface area contributed by atoms with E-state index in [1.165, 1.54) is 16.8 Å². The molecule has 0 fully saturated rings. The Bertz CT molecular complexity index is 1480. The number of rotatable bonds is 3. The molecule has 2 aliphatic heterocycles. The number of benzene rings is 1. The van der Waals surface area contributed by atoms with Gasteiger partial charge in [-0.05, 0) is 24.6 Å². The lowest BCUT2D eigenvalue weighted by Crippen LogP contribution is -2.41. The van der Waals surface area contributed by atoms with Gasteiger partial charge in [-0.3, -0.25) is 4.79 Å². The summed E-state index contributed by atoms with van der Waals surface area (Å²) in [5, 5.41) is 10.8. The standard InChI is InChI=1S/C23H18F3N7O/c1-23-5-6-27-19-17(23)20(29-16(34)8-23)31-21(30-19)18-12-7-11(24)9-28-22(12)33(32-18)10-13-14(25)3-2-4-15(13)26/h2-4,7,9H,5-6,8,10H2,1H3,(H2,27,29,30,31,34)/t23-/m0/s1. The molecule has 0 bridgehead atoms. The zero-order valence-electron chi connectivity index (χ0n) is 18.0. The van der Waals surface area contributed by atoms with E-state index in [9.17, 15) is 18.0 Å². The molecular weight excluding hydrogens is 447 g/mol. The Balaban J connectivity index is 1.54. The number of aromatic nitrogens is 5. The van der Waals surface area contributed by atoms with E-state index < -0.39 is 22.9 Å². The van der Waals surface area contributed by atoms with Gasteiger partial charge in [0, 0.05) is 29.5 Å². The van der Waals surface area contributed by atoms with Gasteiger partial charge < -0.3 is 10.6 Å². The van der Waals surface area contributed by atoms with Crippen LogP contribution in [0.5, 0.6) is 0 Å². The Kier molecular flexibility index (Phi) is 4.38. The minimum Gasteiger partial charge on any atom is -0.370 e. The van der Waals surface area contributed by atoms with Gasteiger partial charge in [-0.2, -0.15) is 5.10 Å². The first-order valence-electron chi connectivity index (χ1n) is 10.7. The highest BCUT2D eigenvalue weighted by Crippen LogP contribution is 2.46. The number of amides is 1. The fourth-order valence-electron chi connectivity index (χ4n) is 4.79. The van der Waals surface area contributed by atoms with Crippen LogP contribution in [0.3, 0.4) is 0 Å². The van der Waals surface area contributed by atoms with Gasteiger partial charge in [-0.1, -0.05) is 13.0 Å². The molecule has 11 heteroatoms. The third-order valence-electron chi connectivity index (χ3n) is 6.43. The topological polar surface area (TPSA) is 97.6 Å². The third-order valence-corrected chi connectivity index (χ3v) is 6.43. The van der Waals surface area contributed by atoms with E-state index in [0.29, 0.717) is 24.6 Å². The molecule has 0 aliphatic carbocycles. The van der Waals surface area contributed by atoms with Gasteiger partial charge in [0.1, 0.15) is 34.8 Å². The van der Waals surface area contributed by atoms with Gasteiger partial charge in [-0.15, -0.1) is 0 Å². The van der Waals surface area contributed by atoms with Crippen molar-refractivity contribution < 1.29 is 18.0 Å². The molecule has 34 heavy (non-hydrogen) atoms. The van der Waals surface area contributed by atoms with Crippen LogP contribution in [0.25, 0.3) is 22.6 Å². The molecule has 8 nitrogen and oxygen atoms in total. The number of carbonyl (C=O) groups is 1. The molecule has 172 valence electrons. The van der Waals surface area contributed by atoms with E-state index in [4.69, 9.17) is 0 Å². The van der Waals surface area contributed by atoms with Gasteiger partial charge in [0.15, 0.2) is 11.5 Å². The number of carbonyl (C=O) groups excluding carboxylic acids is 1. The van der Waals surface area contributed by atoms with Crippen molar-refractivity contribution >= 4 is 28.6 Å². The number of nitrogens with one attached hydrogen (secondary N) is 2. The second kappa shape index (κ2) is 7.24. The summed E-state index contributed by atoms with van der Waals surface area (Å²) < 4.78 is 44.0. The first kappa shape index (κ1) is 20.6. The minimum atomic E-state index is -0.729. The van der Waals surface area contributed by atoms with Crippen LogP contribution < -0.4 is 10.6 Å². The predicted molar refractivity (Wildman–Crippen MR) is 118 cm³/mol. The smallest absolute Gasteiger partial charge is 0.226 e. The molecule has 1 amide bonds. The summed E-state index contributed by atoms with van der Waals surface area (Å²) in [4.78, 5) is 25.7. The minimum absolute atomic E-state index is 0.137. The molecule has 2 aliphatic rings. The SMILES string of the molecule is C[C@@]12CCNc3nc(-c4nn(Cc5c(F)cccc5F)c5ncc(F)cc45)nc(c31)NC(=O)C2. The van der Waals surface area contributed by atoms with E-state index in [1.807, 2.05) is 6.92 Å². The lowest BCUT2D eigenvalue weighted by molar-refractivity contribution is -0.117. The Hall–Kier alpha value is -4.02. The molecule has 5 heterocycles. The van der Waals surface area contributed by atoms with E-state index in [2.05, 4.69) is 30.7 Å². The maximum atomic E-state index is 14.3. The van der Waals surface area contributed by atoms with Gasteiger partial charge in [0.2, 0.25) is 5.91 Å². The summed E-state index contributed by atoms with van der Waals surface area (Å²) in [7, 11) is 0. The number of hydrogen-bond acceptors (Lipinski definition) is 6. The first-order chi connectivity index (χ1) is 16.3. The van der Waals surface area contributed by atoms with Crippen molar-refractivity contribution in [1.29, 1.82) is 0 Å². The largest absolute Gasteiger partial charge is 0.370 e. The lowest BCUT2D eigenvalue weighted by atomic mass is 9.73. The Morgan fingerprint density at radius 1 is 1.15 bits per heavy atom. The number of halogens is 3. The van der Waals surface area contributed by atoms with Crippen molar-refractivity contribution in [2.24, 2.45) is 0 Å². The summed E-state index contributed by atoms with van der Waals surface area (Å²) in [6, 6.07) is 4.81. The maximum Gasteiger partial charge on any atom is 0.226 e. The van der Waals surface area contributed by atoms with E-state index >= 15 is 0 Å². The van der Waals surface area contributed by atoms with Crippen molar-refractivity contribution in [3.8, 4) is 11.5 Å². The average Bonchev–Trinajstić information content (AvgIpc) is 3.13. The van der Waals surface area contributed by atoms with Crippen LogP contribution in [0.1, 0.15) is 30.9 Å². The monoisotopic (exact) mass is 465 g/mol. The molecule has 4 aromatic rings. The van der Waals surface area contributed by atoms with Gasteiger partial charge in [0.25, 0.3) is 0 Å². The van der Waals surface area contributed by atoms with E-state index in [-0.39, 0.29) is 40.6 Å². The van der Waals surface area contributed by atoms with Crippen LogP contribution in [-0.2, 0) is 16.8 Å². The van der Waals surface area contributed by atoms with Gasteiger partial charge in [-0.25, -0.2) is 32.8 Å². The van der Waals surface area contributed by atoms with E-state index in [1.54, 1.807) is 0 Å². The second-order valence-corrected chi connectivity index (χ2v) is 8.81. The molecule has 0 radical (unpaired) electrons. The average molecular weight is 465 g/mol. The molecule has 1 aromatic carbocycles. The van der Waals surface area contributed by atoms with Crippen LogP contribution in [0.2, 0.25) is 0 Å². The predicted octanol–water partition coefficient (Wildman–Crippen LogP) is 3.77. The maximum absolute atomic E-state index is 14.3. The number of fused-ring (bicyclic) bond motifs is 1. The fourth-order valence-corrected chi connectivity index (χ4v) is 4.79. The van der Waals surface area contributed by atoms with Crippen LogP contribution >= 0.6 is 0 Å². The highest BCUT2D eigenvalue weighted by Gasteiger charge is 2.42. The van der Waals surface area contributed by atoms with Crippen LogP contribution in [0.4, 0.5) is 24.8 Å². The van der Waals surface area contributed by atoms with Crippen LogP contribution in [0, 0.1) is 17.5 Å². The molecule has 0 unspecified atom stereocenters. The van der Waals surface area contributed by atoms with Crippen molar-refractivity contribution in [3.05, 3.63) is 59.0 Å². The number of anilines is 2. The number of nitrogens with zero attached hydrogens (tertiary/aromatic N) is 5. The Labute approximate surface area is 191 Å². The zero-order valence-corrected chi connectivity index (χ0v) is 18.0. The Morgan fingerprint density at radius 3 is 2.71 bits per heavy atom. The molecule has 0 spiro atoms. The molecular formula is C23H18F3N7O. The summed E-state index contributed by atoms with van der Waals surface area (Å²) in [6.07, 6.45) is 2.09. The second-order valence-electron chi connectivity index (χ2n) is 8.81. The van der Waals surface area contributed by atoms with Crippen LogP contribution in [-0.4, -0.2) is 37.2 Å². The third kappa shape index (κ3) is 3.11. The summed E-state index contributed by atoms with van der Waals surface area (Å²) in [6.45, 7) is 2.37. The van der Waals surface area contributed by atoms with E-state index in [0.717, 1.165) is 30.3 Å². The zero-order chi connectivity index (χ0) is 23.6. The summed E-state index contributed by atoms with van der Waals surface area (Å²) in [5.41, 5.74) is 0.635. The van der Waals surface area contributed by atoms with Crippen molar-refractivity contribution in [2.45, 2.75) is 31.7 Å². The summed E-state index contributed by atoms with van der Waals surface area (Å²) in [5.74, 6) is -1.13. The molecule has 6 rings (SSSR count). The highest BCUT2D eigenvalue weighted by molar-refractivity contribution is 5.97. The molecule has 3 aromatic heterocycles. The van der Waals surface area contributed by atoms with Crippen LogP contribution in [0.15, 0.2) is 30.5 Å². The van der Waals surface area contributed by atoms with Gasteiger partial charge in [0.05, 0.1) is 18.1 Å². The summed E-state index contributed by atoms with van der Waals surface area (Å²) >= 11 is 0. The quantitative estimate of drug-likeness (QED) is 0.478. The molecule has 2 N–H and O–H groups in total. The number of pyridine rings is 1. The normalized spacial score (nSPS) is 19.0. The first-order valence-corrected chi connectivity index (χ1v) is 10.7. The van der Waals surface area contributed by atoms with Crippen molar-refractivity contribution in [1.82, 2.24) is 24.7 Å². The van der Waals surface area contributed by atoms with Crippen molar-refractivity contribution in [3.63, 3.8) is 0 Å². The molecule has 0 saturated heterocycles. The number of hydrogen-bond donors (Lipinski definition) is 2. The lowest BCUT2D eigenvalue weighted by Gasteiger charge is -2.39. The Morgan fingerprint density at radius 2 is 1.91 bits per heavy atom. The molecule has 1 atom stereocenters. The van der Waals surface area contributed by atoms with Gasteiger partial charge >= 0.3 is 0 Å². The highest BCUT2D eigenvalue weighted by atomic mass is 19.1. The fraction of sp³-hybridized carbons (Fsp3) is 0.261. The van der Waals surface area contributed by atoms with Crippen molar-refractivity contribution in [2.75, 3.05) is 17.2 Å². The molecule has 0 saturated carbocycles.